The largest absolute Gasteiger partial charge is 0.452 e. The van der Waals surface area contributed by atoms with E-state index in [0.29, 0.717) is 42.0 Å². The molecule has 13 heteroatoms. The van der Waals surface area contributed by atoms with Gasteiger partial charge in [-0.1, -0.05) is 0 Å². The number of carbonyl (C=O) groups excluding carboxylic acids is 1. The molecule has 1 aliphatic rings. The van der Waals surface area contributed by atoms with Crippen LogP contribution in [0.2, 0.25) is 0 Å². The van der Waals surface area contributed by atoms with E-state index in [1.807, 2.05) is 0 Å². The Hall–Kier alpha value is -3.71. The molecule has 1 fully saturated rings. The molecule has 1 saturated carbocycles. The van der Waals surface area contributed by atoms with Gasteiger partial charge in [0.25, 0.3) is 5.91 Å². The second kappa shape index (κ2) is 9.63. The number of alkyl halides is 2. The lowest BCUT2D eigenvalue weighted by Gasteiger charge is -2.25. The van der Waals surface area contributed by atoms with Gasteiger partial charge in [-0.15, -0.1) is 0 Å². The van der Waals surface area contributed by atoms with Crippen LogP contribution in [0.5, 0.6) is 5.75 Å². The molecule has 0 radical (unpaired) electrons. The average Bonchev–Trinajstić information content (AvgIpc) is 3.45. The molecule has 4 aromatic rings. The fourth-order valence-corrected chi connectivity index (χ4v) is 5.04. The third-order valence-electron chi connectivity index (χ3n) is 6.10. The maximum atomic E-state index is 13.1. The highest BCUT2D eigenvalue weighted by Crippen LogP contribution is 2.42. The lowest BCUT2D eigenvalue weighted by Crippen LogP contribution is -2.38. The van der Waals surface area contributed by atoms with Crippen LogP contribution in [-0.4, -0.2) is 49.4 Å². The van der Waals surface area contributed by atoms with Gasteiger partial charge in [0.2, 0.25) is 15.9 Å². The van der Waals surface area contributed by atoms with Crippen LogP contribution in [0.15, 0.2) is 45.4 Å². The summed E-state index contributed by atoms with van der Waals surface area (Å²) in [5.74, 6) is -0.643. The van der Waals surface area contributed by atoms with E-state index in [1.54, 1.807) is 0 Å². The van der Waals surface area contributed by atoms with Crippen molar-refractivity contribution in [2.45, 2.75) is 44.4 Å². The molecule has 1 aliphatic carbocycles. The van der Waals surface area contributed by atoms with E-state index in [2.05, 4.69) is 19.8 Å². The molecule has 0 atom stereocenters. The molecule has 196 valence electrons. The monoisotopic (exact) mass is 535 g/mol. The van der Waals surface area contributed by atoms with E-state index in [0.717, 1.165) is 6.26 Å². The van der Waals surface area contributed by atoms with Crippen LogP contribution in [0.4, 0.5) is 14.5 Å². The Morgan fingerprint density at radius 3 is 2.65 bits per heavy atom. The molecule has 0 aliphatic heterocycles. The number of hydrogen-bond acceptors (Lipinski definition) is 8. The molecule has 5 rings (SSSR count). The average molecular weight is 536 g/mol. The summed E-state index contributed by atoms with van der Waals surface area (Å²) in [6.07, 6.45) is 4.33. The van der Waals surface area contributed by atoms with Gasteiger partial charge >= 0.3 is 6.61 Å². The molecular weight excluding hydrogens is 512 g/mol. The second-order valence-electron chi connectivity index (χ2n) is 8.90. The number of carbonyl (C=O) groups is 1. The van der Waals surface area contributed by atoms with E-state index in [1.165, 1.54) is 36.6 Å². The Balaban J connectivity index is 1.55. The number of amides is 1. The minimum atomic E-state index is -3.58. The fourth-order valence-electron chi connectivity index (χ4n) is 4.48. The van der Waals surface area contributed by atoms with Gasteiger partial charge in [0, 0.05) is 28.1 Å². The highest BCUT2D eigenvalue weighted by atomic mass is 32.2. The zero-order valence-electron chi connectivity index (χ0n) is 19.5. The van der Waals surface area contributed by atoms with E-state index < -0.39 is 22.5 Å². The number of ether oxygens (including phenoxy) is 1. The third-order valence-corrected chi connectivity index (χ3v) is 6.71. The maximum absolute atomic E-state index is 13.1. The van der Waals surface area contributed by atoms with Crippen LogP contribution in [-0.2, 0) is 10.0 Å². The number of nitrogens with zero attached hydrogens (tertiary/aromatic N) is 1. The van der Waals surface area contributed by atoms with Gasteiger partial charge in [0.15, 0.2) is 17.0 Å². The molecule has 1 amide bonds. The summed E-state index contributed by atoms with van der Waals surface area (Å²) in [5, 5.41) is 13.2. The van der Waals surface area contributed by atoms with Crippen LogP contribution < -0.4 is 14.8 Å². The van der Waals surface area contributed by atoms with Crippen molar-refractivity contribution in [3.63, 3.8) is 0 Å². The van der Waals surface area contributed by atoms with Crippen molar-refractivity contribution >= 4 is 43.6 Å². The highest BCUT2D eigenvalue weighted by Gasteiger charge is 2.25. The quantitative estimate of drug-likeness (QED) is 0.319. The molecule has 0 spiro atoms. The summed E-state index contributed by atoms with van der Waals surface area (Å²) in [5.41, 5.74) is 0.842. The first-order valence-electron chi connectivity index (χ1n) is 11.4. The SMILES string of the molecule is CS(=O)(=O)Nc1ccc2oc3c(OC(F)F)ccc(-c4nc(C(=O)N[C@H]5CC[C@H](O)CC5)co4)c3c2c1. The molecular formula is C24H23F2N3O7S. The predicted molar refractivity (Wildman–Crippen MR) is 130 cm³/mol. The molecule has 0 bridgehead atoms. The van der Waals surface area contributed by atoms with Crippen LogP contribution in [0, 0.1) is 0 Å². The van der Waals surface area contributed by atoms with Gasteiger partial charge in [0.05, 0.1) is 12.4 Å². The van der Waals surface area contributed by atoms with E-state index in [-0.39, 0.29) is 46.3 Å². The summed E-state index contributed by atoms with van der Waals surface area (Å²) in [6, 6.07) is 7.09. The van der Waals surface area contributed by atoms with Gasteiger partial charge in [0.1, 0.15) is 11.8 Å². The van der Waals surface area contributed by atoms with Crippen molar-refractivity contribution in [3.8, 4) is 17.2 Å². The Morgan fingerprint density at radius 2 is 1.95 bits per heavy atom. The molecule has 10 nitrogen and oxygen atoms in total. The Morgan fingerprint density at radius 1 is 1.19 bits per heavy atom. The first-order valence-corrected chi connectivity index (χ1v) is 13.3. The number of halogens is 2. The molecule has 3 N–H and O–H groups in total. The van der Waals surface area contributed by atoms with E-state index >= 15 is 0 Å². The van der Waals surface area contributed by atoms with Crippen molar-refractivity contribution in [3.05, 3.63) is 42.3 Å². The number of aromatic nitrogens is 1. The standard InChI is InChI=1S/C24H23F2N3O7S/c1-37(32,33)29-13-4-8-18-16(10-13)20-15(7-9-19(21(20)35-18)36-24(25)26)23-28-17(11-34-23)22(31)27-12-2-5-14(30)6-3-12/h4,7-12,14,24,29-30H,2-3,5-6H2,1H3,(H,27,31)/t12-,14-. The van der Waals surface area contributed by atoms with Crippen molar-refractivity contribution < 1.29 is 40.7 Å². The normalized spacial score (nSPS) is 18.4. The number of oxazole rings is 1. The second-order valence-corrected chi connectivity index (χ2v) is 10.6. The van der Waals surface area contributed by atoms with Crippen LogP contribution in [0.1, 0.15) is 36.2 Å². The summed E-state index contributed by atoms with van der Waals surface area (Å²) < 4.78 is 67.9. The van der Waals surface area contributed by atoms with Gasteiger partial charge < -0.3 is 24.0 Å². The molecule has 0 unspecified atom stereocenters. The number of anilines is 1. The lowest BCUT2D eigenvalue weighted by molar-refractivity contribution is -0.0493. The maximum Gasteiger partial charge on any atom is 0.387 e. The van der Waals surface area contributed by atoms with Crippen molar-refractivity contribution in [2.24, 2.45) is 0 Å². The number of hydrogen-bond donors (Lipinski definition) is 3. The lowest BCUT2D eigenvalue weighted by atomic mass is 9.93. The van der Waals surface area contributed by atoms with Crippen molar-refractivity contribution in [1.82, 2.24) is 10.3 Å². The number of benzene rings is 2. The first-order chi connectivity index (χ1) is 17.6. The highest BCUT2D eigenvalue weighted by molar-refractivity contribution is 7.92. The minimum Gasteiger partial charge on any atom is -0.452 e. The molecule has 2 heterocycles. The van der Waals surface area contributed by atoms with Gasteiger partial charge in [-0.25, -0.2) is 13.4 Å². The summed E-state index contributed by atoms with van der Waals surface area (Å²) in [4.78, 5) is 17.0. The summed E-state index contributed by atoms with van der Waals surface area (Å²) in [7, 11) is -3.58. The smallest absolute Gasteiger partial charge is 0.387 e. The molecule has 2 aromatic carbocycles. The number of aliphatic hydroxyl groups excluding tert-OH is 1. The molecule has 2 aromatic heterocycles. The zero-order chi connectivity index (χ0) is 26.3. The first kappa shape index (κ1) is 25.0. The van der Waals surface area contributed by atoms with Crippen LogP contribution in [0.3, 0.4) is 0 Å². The number of sulfonamides is 1. The third kappa shape index (κ3) is 5.37. The number of nitrogens with one attached hydrogen (secondary N) is 2. The van der Waals surface area contributed by atoms with E-state index in [9.17, 15) is 27.1 Å². The van der Waals surface area contributed by atoms with Crippen LogP contribution >= 0.6 is 0 Å². The Kier molecular flexibility index (Phi) is 6.50. The molecule has 37 heavy (non-hydrogen) atoms. The zero-order valence-corrected chi connectivity index (χ0v) is 20.3. The predicted octanol–water partition coefficient (Wildman–Crippen LogP) is 4.25. The topological polar surface area (TPSA) is 144 Å². The minimum absolute atomic E-state index is 0.0192. The molecule has 0 saturated heterocycles. The number of furan rings is 1. The van der Waals surface area contributed by atoms with Crippen LogP contribution in [0.25, 0.3) is 33.4 Å². The Labute approximate surface area is 209 Å². The summed E-state index contributed by atoms with van der Waals surface area (Å²) in [6.45, 7) is -3.11. The number of rotatable bonds is 7. The summed E-state index contributed by atoms with van der Waals surface area (Å²) >= 11 is 0. The number of aliphatic hydroxyl groups is 1. The van der Waals surface area contributed by atoms with Gasteiger partial charge in [-0.3, -0.25) is 9.52 Å². The van der Waals surface area contributed by atoms with Crippen molar-refractivity contribution in [2.75, 3.05) is 11.0 Å². The fraction of sp³-hybridized carbons (Fsp3) is 0.333. The van der Waals surface area contributed by atoms with Gasteiger partial charge in [-0.2, -0.15) is 8.78 Å². The van der Waals surface area contributed by atoms with Gasteiger partial charge in [-0.05, 0) is 56.0 Å². The van der Waals surface area contributed by atoms with E-state index in [4.69, 9.17) is 8.83 Å². The Bertz CT molecular complexity index is 1570. The number of fused-ring (bicyclic) bond motifs is 3. The van der Waals surface area contributed by atoms with Crippen molar-refractivity contribution in [1.29, 1.82) is 0 Å².